The third-order valence-electron chi connectivity index (χ3n) is 15.2. The number of nitrogens with zero attached hydrogens (tertiary/aromatic N) is 2. The van der Waals surface area contributed by atoms with Crippen molar-refractivity contribution in [3.05, 3.63) is 192 Å². The lowest BCUT2D eigenvalue weighted by molar-refractivity contribution is 0.590. The Kier molecular flexibility index (Phi) is 11.3. The van der Waals surface area contributed by atoms with Crippen LogP contribution in [0.15, 0.2) is 173 Å². The smallest absolute Gasteiger partial charge is 0.139 e. The Morgan fingerprint density at radius 3 is 0.863 bits per heavy atom. The van der Waals surface area contributed by atoms with Crippen LogP contribution in [0.2, 0.25) is 0 Å². The monoisotopic (exact) mass is 959 g/mol. The van der Waals surface area contributed by atoms with Crippen LogP contribution in [0.5, 0.6) is 0 Å². The van der Waals surface area contributed by atoms with Gasteiger partial charge in [-0.1, -0.05) is 158 Å². The maximum Gasteiger partial charge on any atom is 0.139 e. The summed E-state index contributed by atoms with van der Waals surface area (Å²) in [5, 5.41) is 9.16. The zero-order valence-corrected chi connectivity index (χ0v) is 45.4. The maximum absolute atomic E-state index is 6.89. The first-order chi connectivity index (χ1) is 34.5. The summed E-state index contributed by atoms with van der Waals surface area (Å²) in [6, 6.07) is 61.1. The number of anilines is 6. The molecule has 0 saturated carbocycles. The van der Waals surface area contributed by atoms with Gasteiger partial charge in [0.2, 0.25) is 0 Å². The summed E-state index contributed by atoms with van der Waals surface area (Å²) in [5.41, 5.74) is 16.9. The predicted octanol–water partition coefficient (Wildman–Crippen LogP) is 21.0. The molecule has 0 aliphatic heterocycles. The van der Waals surface area contributed by atoms with E-state index in [1.165, 1.54) is 38.6 Å². The fourth-order valence-corrected chi connectivity index (χ4v) is 10.9. The molecular weight excluding hydrogens is 889 g/mol. The topological polar surface area (TPSA) is 32.8 Å². The molecule has 4 nitrogen and oxygen atoms in total. The van der Waals surface area contributed by atoms with Gasteiger partial charge in [0.15, 0.2) is 0 Å². The van der Waals surface area contributed by atoms with E-state index in [-0.39, 0.29) is 27.6 Å². The van der Waals surface area contributed by atoms with Crippen molar-refractivity contribution in [2.45, 2.75) is 125 Å². The lowest BCUT2D eigenvalue weighted by Gasteiger charge is -2.28. The molecule has 11 aromatic rings. The molecule has 9 aromatic carbocycles. The first-order valence-electron chi connectivity index (χ1n) is 26.2. The highest BCUT2D eigenvalue weighted by Gasteiger charge is 2.25. The van der Waals surface area contributed by atoms with Gasteiger partial charge in [-0.2, -0.15) is 0 Å². The van der Waals surface area contributed by atoms with E-state index < -0.39 is 0 Å². The summed E-state index contributed by atoms with van der Waals surface area (Å²) in [5.74, 6) is 0.203. The first-order valence-corrected chi connectivity index (χ1v) is 26.2. The Morgan fingerprint density at radius 1 is 0.301 bits per heavy atom. The van der Waals surface area contributed by atoms with E-state index in [4.69, 9.17) is 8.83 Å². The second kappa shape index (κ2) is 17.2. The first kappa shape index (κ1) is 48.0. The normalized spacial score (nSPS) is 12.9. The molecule has 368 valence electrons. The van der Waals surface area contributed by atoms with Gasteiger partial charge in [0, 0.05) is 61.7 Å². The molecule has 0 fully saturated rings. The second-order valence-corrected chi connectivity index (χ2v) is 25.0. The Labute approximate surface area is 432 Å². The molecule has 0 bridgehead atoms. The molecule has 0 spiro atoms. The fourth-order valence-electron chi connectivity index (χ4n) is 10.9. The van der Waals surface area contributed by atoms with Crippen molar-refractivity contribution in [3.8, 4) is 0 Å². The van der Waals surface area contributed by atoms with Crippen LogP contribution in [0, 0.1) is 0 Å². The van der Waals surface area contributed by atoms with Gasteiger partial charge in [-0.25, -0.2) is 0 Å². The zero-order valence-electron chi connectivity index (χ0n) is 45.4. The van der Waals surface area contributed by atoms with Crippen LogP contribution in [0.3, 0.4) is 0 Å². The van der Waals surface area contributed by atoms with Gasteiger partial charge < -0.3 is 18.6 Å². The molecule has 2 aromatic heterocycles. The quantitative estimate of drug-likeness (QED) is 0.159. The zero-order chi connectivity index (χ0) is 51.5. The second-order valence-electron chi connectivity index (χ2n) is 25.0. The molecule has 0 aliphatic carbocycles. The molecule has 0 atom stereocenters. The number of benzene rings is 9. The average Bonchev–Trinajstić information content (AvgIpc) is 3.87. The third-order valence-corrected chi connectivity index (χ3v) is 15.2. The van der Waals surface area contributed by atoms with E-state index in [1.807, 2.05) is 0 Å². The highest BCUT2D eigenvalue weighted by atomic mass is 16.3. The van der Waals surface area contributed by atoms with Crippen LogP contribution in [0.1, 0.15) is 131 Å². The molecule has 0 amide bonds. The van der Waals surface area contributed by atoms with Crippen molar-refractivity contribution >= 4 is 99.5 Å². The molecule has 0 saturated heterocycles. The van der Waals surface area contributed by atoms with E-state index >= 15 is 0 Å². The Hall–Kier alpha value is -7.30. The molecule has 11 rings (SSSR count). The van der Waals surface area contributed by atoms with E-state index in [9.17, 15) is 0 Å². The Balaban J connectivity index is 1.01. The van der Waals surface area contributed by atoms with Crippen molar-refractivity contribution in [1.29, 1.82) is 0 Å². The number of rotatable bonds is 7. The fraction of sp³-hybridized carbons (Fsp3) is 0.275. The summed E-state index contributed by atoms with van der Waals surface area (Å²) in [6.07, 6.45) is 0. The van der Waals surface area contributed by atoms with Crippen LogP contribution in [-0.2, 0) is 21.7 Å². The van der Waals surface area contributed by atoms with E-state index in [1.54, 1.807) is 0 Å². The van der Waals surface area contributed by atoms with Crippen molar-refractivity contribution < 1.29 is 8.83 Å². The largest absolute Gasteiger partial charge is 0.456 e. The molecular formula is C69H70N2O2. The van der Waals surface area contributed by atoms with Crippen LogP contribution < -0.4 is 9.80 Å². The summed E-state index contributed by atoms with van der Waals surface area (Å²) >= 11 is 0. The number of fused-ring (bicyclic) bond motifs is 8. The lowest BCUT2D eigenvalue weighted by Crippen LogP contribution is -2.14. The van der Waals surface area contributed by atoms with Crippen molar-refractivity contribution in [3.63, 3.8) is 0 Å². The third kappa shape index (κ3) is 8.73. The molecule has 0 radical (unpaired) electrons. The SMILES string of the molecule is CC(C)c1c2c(cc3oc4cc5cc(N(c6ccc(C(C)(C)C)cc6)c6ccc(C(C)(C)C)cc6)ccc5cc4c13)oc1cc3cc(N(c4ccc(C(C)(C)C)cc4)c4ccc(C(C)(C)C)cc4)ccc3cc12. The van der Waals surface area contributed by atoms with Crippen molar-refractivity contribution in [2.24, 2.45) is 0 Å². The van der Waals surface area contributed by atoms with Gasteiger partial charge in [0.1, 0.15) is 22.3 Å². The average molecular weight is 959 g/mol. The summed E-state index contributed by atoms with van der Waals surface area (Å²) in [4.78, 5) is 4.74. The van der Waals surface area contributed by atoms with Gasteiger partial charge in [-0.05, 0) is 174 Å². The maximum atomic E-state index is 6.89. The molecule has 0 unspecified atom stereocenters. The lowest BCUT2D eigenvalue weighted by atomic mass is 9.86. The van der Waals surface area contributed by atoms with Crippen LogP contribution >= 0.6 is 0 Å². The minimum Gasteiger partial charge on any atom is -0.456 e. The molecule has 0 aliphatic rings. The number of furan rings is 2. The number of hydrogen-bond acceptors (Lipinski definition) is 4. The summed E-state index contributed by atoms with van der Waals surface area (Å²) < 4.78 is 13.8. The van der Waals surface area contributed by atoms with Gasteiger partial charge in [0.25, 0.3) is 0 Å². The van der Waals surface area contributed by atoms with E-state index in [0.717, 1.165) is 88.8 Å². The van der Waals surface area contributed by atoms with Crippen molar-refractivity contribution in [2.75, 3.05) is 9.80 Å². The minimum atomic E-state index is 0.0621. The number of hydrogen-bond donors (Lipinski definition) is 0. The molecule has 4 heteroatoms. The van der Waals surface area contributed by atoms with E-state index in [2.05, 4.69) is 271 Å². The minimum absolute atomic E-state index is 0.0621. The highest BCUT2D eigenvalue weighted by Crippen LogP contribution is 2.47. The molecule has 73 heavy (non-hydrogen) atoms. The standard InChI is InChI=1S/C69H70N2O2/c1-42(2)63-64-57-37-43-15-25-55(70(51-27-17-47(18-28-51)66(3,4)5)52-29-19-48(20-30-52)67(6,7)8)35-45(43)39-59(57)72-61(64)41-62-65(63)58-38-44-16-26-56(36-46(44)40-60(58)73-62)71(53-31-21-49(22-32-53)68(9,10)11)54-33-23-50(24-34-54)69(12,13)14/h15-42H,1-14H3. The van der Waals surface area contributed by atoms with Gasteiger partial charge >= 0.3 is 0 Å². The van der Waals surface area contributed by atoms with Crippen molar-refractivity contribution in [1.82, 2.24) is 0 Å². The molecule has 2 heterocycles. The van der Waals surface area contributed by atoms with Crippen LogP contribution in [0.25, 0.3) is 65.4 Å². The van der Waals surface area contributed by atoms with E-state index in [0.29, 0.717) is 0 Å². The Bertz CT molecular complexity index is 3510. The summed E-state index contributed by atoms with van der Waals surface area (Å²) in [6.45, 7) is 31.8. The summed E-state index contributed by atoms with van der Waals surface area (Å²) in [7, 11) is 0. The highest BCUT2D eigenvalue weighted by molar-refractivity contribution is 6.21. The van der Waals surface area contributed by atoms with Gasteiger partial charge in [-0.15, -0.1) is 0 Å². The van der Waals surface area contributed by atoms with Crippen LogP contribution in [0.4, 0.5) is 34.1 Å². The van der Waals surface area contributed by atoms with Crippen LogP contribution in [-0.4, -0.2) is 0 Å². The van der Waals surface area contributed by atoms with Gasteiger partial charge in [-0.3, -0.25) is 0 Å². The van der Waals surface area contributed by atoms with Gasteiger partial charge in [0.05, 0.1) is 0 Å². The predicted molar refractivity (Wildman–Crippen MR) is 314 cm³/mol. The Morgan fingerprint density at radius 2 is 0.589 bits per heavy atom. The molecule has 0 N–H and O–H groups in total.